The highest BCUT2D eigenvalue weighted by molar-refractivity contribution is 5.39. The Balaban J connectivity index is 2.60. The van der Waals surface area contributed by atoms with Gasteiger partial charge in [0.2, 0.25) is 0 Å². The first-order chi connectivity index (χ1) is 3.93. The zero-order valence-electron chi connectivity index (χ0n) is 4.89. The highest BCUT2D eigenvalue weighted by Crippen LogP contribution is 2.04. The van der Waals surface area contributed by atoms with Crippen LogP contribution >= 0.6 is 0 Å². The van der Waals surface area contributed by atoms with Crippen molar-refractivity contribution in [2.45, 2.75) is 0 Å². The lowest BCUT2D eigenvalue weighted by Gasteiger charge is -1.86. The summed E-state index contributed by atoms with van der Waals surface area (Å²) in [5.74, 6) is 0. The molecule has 0 aliphatic heterocycles. The van der Waals surface area contributed by atoms with Crippen LogP contribution in [0, 0.1) is 0 Å². The molecule has 0 heterocycles. The molecular weight excluding hydrogens is 98.1 g/mol. The molecule has 0 atom stereocenters. The van der Waals surface area contributed by atoms with E-state index in [2.05, 4.69) is 17.5 Å². The molecule has 1 aliphatic carbocycles. The molecule has 0 aromatic rings. The van der Waals surface area contributed by atoms with Crippen molar-refractivity contribution in [3.8, 4) is 0 Å². The summed E-state index contributed by atoms with van der Waals surface area (Å²) in [5, 5.41) is 2.95. The van der Waals surface area contributed by atoms with Crippen LogP contribution < -0.4 is 5.32 Å². The molecule has 1 aliphatic rings. The molecule has 42 valence electrons. The third-order valence-corrected chi connectivity index (χ3v) is 0.999. The van der Waals surface area contributed by atoms with Crippen LogP contribution in [-0.4, -0.2) is 7.05 Å². The maximum atomic E-state index is 2.95. The average Bonchev–Trinajstić information content (AvgIpc) is 2.19. The van der Waals surface area contributed by atoms with Crippen LogP contribution in [-0.2, 0) is 0 Å². The minimum absolute atomic E-state index is 1.23. The second kappa shape index (κ2) is 2.36. The predicted octanol–water partition coefficient (Wildman–Crippen LogP) is 1.22. The molecule has 0 saturated heterocycles. The van der Waals surface area contributed by atoms with Gasteiger partial charge in [0.25, 0.3) is 0 Å². The Morgan fingerprint density at radius 3 is 2.50 bits per heavy atom. The van der Waals surface area contributed by atoms with Gasteiger partial charge in [-0.15, -0.1) is 0 Å². The van der Waals surface area contributed by atoms with Gasteiger partial charge in [0.15, 0.2) is 0 Å². The predicted molar refractivity (Wildman–Crippen MR) is 35.4 cm³/mol. The van der Waals surface area contributed by atoms with Gasteiger partial charge in [0.1, 0.15) is 0 Å². The van der Waals surface area contributed by atoms with Crippen molar-refractivity contribution in [1.82, 2.24) is 5.32 Å². The standard InChI is InChI=1S/C7H9N/c1-8-6-7-4-2-3-5-7/h2-6,8H,1H3. The van der Waals surface area contributed by atoms with Crippen molar-refractivity contribution in [2.24, 2.45) is 0 Å². The van der Waals surface area contributed by atoms with Crippen LogP contribution in [0.1, 0.15) is 0 Å². The molecule has 0 bridgehead atoms. The van der Waals surface area contributed by atoms with Crippen molar-refractivity contribution >= 4 is 0 Å². The molecule has 0 fully saturated rings. The van der Waals surface area contributed by atoms with E-state index in [4.69, 9.17) is 0 Å². The van der Waals surface area contributed by atoms with Crippen molar-refractivity contribution in [1.29, 1.82) is 0 Å². The molecule has 1 heteroatoms. The first-order valence-corrected chi connectivity index (χ1v) is 2.65. The summed E-state index contributed by atoms with van der Waals surface area (Å²) in [6.07, 6.45) is 10.1. The second-order valence-corrected chi connectivity index (χ2v) is 1.65. The highest BCUT2D eigenvalue weighted by Gasteiger charge is 1.86. The smallest absolute Gasteiger partial charge is 0.00351 e. The highest BCUT2D eigenvalue weighted by atomic mass is 14.8. The van der Waals surface area contributed by atoms with E-state index < -0.39 is 0 Å². The lowest BCUT2D eigenvalue weighted by Crippen LogP contribution is -1.92. The van der Waals surface area contributed by atoms with E-state index in [-0.39, 0.29) is 0 Å². The Hall–Kier alpha value is -0.980. The summed E-state index contributed by atoms with van der Waals surface area (Å²) >= 11 is 0. The first-order valence-electron chi connectivity index (χ1n) is 2.65. The van der Waals surface area contributed by atoms with Gasteiger partial charge < -0.3 is 5.32 Å². The van der Waals surface area contributed by atoms with Gasteiger partial charge >= 0.3 is 0 Å². The van der Waals surface area contributed by atoms with Crippen LogP contribution in [0.4, 0.5) is 0 Å². The monoisotopic (exact) mass is 107 g/mol. The van der Waals surface area contributed by atoms with E-state index in [1.54, 1.807) is 0 Å². The van der Waals surface area contributed by atoms with E-state index in [0.717, 1.165) is 0 Å². The maximum absolute atomic E-state index is 2.95. The summed E-state index contributed by atoms with van der Waals surface area (Å²) in [6.45, 7) is 0. The van der Waals surface area contributed by atoms with Crippen LogP contribution in [0.2, 0.25) is 0 Å². The Bertz CT molecular complexity index is 138. The molecule has 0 spiro atoms. The lowest BCUT2D eigenvalue weighted by molar-refractivity contribution is 1.09. The van der Waals surface area contributed by atoms with Gasteiger partial charge in [-0.1, -0.05) is 24.3 Å². The fraction of sp³-hybridized carbons (Fsp3) is 0.143. The molecule has 0 amide bonds. The summed E-state index contributed by atoms with van der Waals surface area (Å²) in [4.78, 5) is 0. The zero-order chi connectivity index (χ0) is 5.82. The topological polar surface area (TPSA) is 12.0 Å². The van der Waals surface area contributed by atoms with E-state index in [1.807, 2.05) is 25.4 Å². The molecule has 1 N–H and O–H groups in total. The van der Waals surface area contributed by atoms with E-state index >= 15 is 0 Å². The minimum atomic E-state index is 1.23. The van der Waals surface area contributed by atoms with Crippen LogP contribution in [0.3, 0.4) is 0 Å². The lowest BCUT2D eigenvalue weighted by atomic mass is 10.3. The average molecular weight is 107 g/mol. The van der Waals surface area contributed by atoms with Crippen molar-refractivity contribution in [3.05, 3.63) is 36.1 Å². The molecular formula is C7H9N. The number of nitrogens with one attached hydrogen (secondary N) is 1. The molecule has 8 heavy (non-hydrogen) atoms. The second-order valence-electron chi connectivity index (χ2n) is 1.65. The Kier molecular flexibility index (Phi) is 1.52. The minimum Gasteiger partial charge on any atom is -0.393 e. The fourth-order valence-electron chi connectivity index (χ4n) is 0.652. The Labute approximate surface area is 49.4 Å². The number of allylic oxidation sites excluding steroid dienone is 5. The number of hydrogen-bond donors (Lipinski definition) is 1. The van der Waals surface area contributed by atoms with Gasteiger partial charge in [-0.3, -0.25) is 0 Å². The van der Waals surface area contributed by atoms with Gasteiger partial charge in [-0.25, -0.2) is 0 Å². The van der Waals surface area contributed by atoms with Gasteiger partial charge in [0.05, 0.1) is 0 Å². The molecule has 0 aromatic carbocycles. The third-order valence-electron chi connectivity index (χ3n) is 0.999. The number of hydrogen-bond acceptors (Lipinski definition) is 1. The van der Waals surface area contributed by atoms with Crippen LogP contribution in [0.15, 0.2) is 36.1 Å². The Morgan fingerprint density at radius 2 is 2.00 bits per heavy atom. The van der Waals surface area contributed by atoms with Gasteiger partial charge in [0, 0.05) is 13.2 Å². The van der Waals surface area contributed by atoms with Gasteiger partial charge in [-0.05, 0) is 5.57 Å². The van der Waals surface area contributed by atoms with Crippen molar-refractivity contribution < 1.29 is 0 Å². The SMILES string of the molecule is CNC=C1C=CC=C1. The summed E-state index contributed by atoms with van der Waals surface area (Å²) in [7, 11) is 1.90. The normalized spacial score (nSPS) is 14.9. The molecule has 0 unspecified atom stereocenters. The van der Waals surface area contributed by atoms with Gasteiger partial charge in [-0.2, -0.15) is 0 Å². The quantitative estimate of drug-likeness (QED) is 0.531. The van der Waals surface area contributed by atoms with Crippen LogP contribution in [0.25, 0.3) is 0 Å². The summed E-state index contributed by atoms with van der Waals surface area (Å²) in [6, 6.07) is 0. The van der Waals surface area contributed by atoms with Crippen molar-refractivity contribution in [3.63, 3.8) is 0 Å². The number of rotatable bonds is 1. The molecule has 0 aromatic heterocycles. The van der Waals surface area contributed by atoms with E-state index in [1.165, 1.54) is 5.57 Å². The first kappa shape index (κ1) is 5.16. The fourth-order valence-corrected chi connectivity index (χ4v) is 0.652. The zero-order valence-corrected chi connectivity index (χ0v) is 4.89. The van der Waals surface area contributed by atoms with E-state index in [0.29, 0.717) is 0 Å². The molecule has 0 saturated carbocycles. The maximum Gasteiger partial charge on any atom is 0.00351 e. The molecule has 1 nitrogen and oxygen atoms in total. The van der Waals surface area contributed by atoms with Crippen molar-refractivity contribution in [2.75, 3.05) is 7.05 Å². The molecule has 1 rings (SSSR count). The largest absolute Gasteiger partial charge is 0.393 e. The summed E-state index contributed by atoms with van der Waals surface area (Å²) in [5.41, 5.74) is 1.23. The Morgan fingerprint density at radius 1 is 1.38 bits per heavy atom. The molecule has 0 radical (unpaired) electrons. The summed E-state index contributed by atoms with van der Waals surface area (Å²) < 4.78 is 0. The van der Waals surface area contributed by atoms with E-state index in [9.17, 15) is 0 Å². The third kappa shape index (κ3) is 0.997. The van der Waals surface area contributed by atoms with Crippen LogP contribution in [0.5, 0.6) is 0 Å².